The summed E-state index contributed by atoms with van der Waals surface area (Å²) < 4.78 is 0. The van der Waals surface area contributed by atoms with Crippen molar-refractivity contribution in [2.24, 2.45) is 5.92 Å². The van der Waals surface area contributed by atoms with E-state index in [0.29, 0.717) is 23.6 Å². The molecule has 0 heterocycles. The number of aryl methyl sites for hydroxylation is 1. The molecule has 0 saturated heterocycles. The Bertz CT molecular complexity index is 757. The quantitative estimate of drug-likeness (QED) is 0.768. The number of halogens is 1. The fourth-order valence-corrected chi connectivity index (χ4v) is 2.81. The highest BCUT2D eigenvalue weighted by atomic mass is 35.5. The molecular formula is C21H25ClN2O2. The van der Waals surface area contributed by atoms with Crippen LogP contribution in [0.3, 0.4) is 0 Å². The molecule has 0 aliphatic heterocycles. The van der Waals surface area contributed by atoms with Crippen molar-refractivity contribution in [3.8, 4) is 0 Å². The number of rotatable bonds is 7. The molecule has 2 aromatic rings. The van der Waals surface area contributed by atoms with E-state index in [9.17, 15) is 9.59 Å². The number of nitrogens with one attached hydrogen (secondary N) is 2. The van der Waals surface area contributed by atoms with E-state index in [1.807, 2.05) is 51.1 Å². The highest BCUT2D eigenvalue weighted by Gasteiger charge is 2.22. The van der Waals surface area contributed by atoms with Crippen LogP contribution in [-0.4, -0.2) is 17.9 Å². The van der Waals surface area contributed by atoms with Gasteiger partial charge in [-0.25, -0.2) is 0 Å². The lowest BCUT2D eigenvalue weighted by molar-refractivity contribution is -0.123. The van der Waals surface area contributed by atoms with Gasteiger partial charge in [0.1, 0.15) is 6.04 Å². The first-order chi connectivity index (χ1) is 12.4. The van der Waals surface area contributed by atoms with E-state index in [2.05, 4.69) is 10.6 Å². The minimum Gasteiger partial charge on any atom is -0.350 e. The van der Waals surface area contributed by atoms with Crippen LogP contribution >= 0.6 is 11.6 Å². The van der Waals surface area contributed by atoms with Crippen LogP contribution in [0.5, 0.6) is 0 Å². The fourth-order valence-electron chi connectivity index (χ4n) is 2.68. The van der Waals surface area contributed by atoms with Crippen LogP contribution in [0.4, 0.5) is 0 Å². The van der Waals surface area contributed by atoms with E-state index in [1.165, 1.54) is 0 Å². The maximum atomic E-state index is 12.6. The Morgan fingerprint density at radius 2 is 1.69 bits per heavy atom. The molecule has 2 aromatic carbocycles. The average Bonchev–Trinajstić information content (AvgIpc) is 2.60. The van der Waals surface area contributed by atoms with Gasteiger partial charge in [0, 0.05) is 17.1 Å². The molecule has 2 amide bonds. The van der Waals surface area contributed by atoms with Gasteiger partial charge in [-0.1, -0.05) is 55.8 Å². The zero-order valence-electron chi connectivity index (χ0n) is 15.4. The third kappa shape index (κ3) is 5.88. The molecule has 0 aromatic heterocycles. The van der Waals surface area contributed by atoms with E-state index >= 15 is 0 Å². The van der Waals surface area contributed by atoms with E-state index < -0.39 is 6.04 Å². The molecule has 0 fully saturated rings. The van der Waals surface area contributed by atoms with Gasteiger partial charge >= 0.3 is 0 Å². The first-order valence-electron chi connectivity index (χ1n) is 8.75. The first-order valence-corrected chi connectivity index (χ1v) is 9.13. The standard InChI is InChI=1S/C21H25ClN2O2/c1-14(2)12-19(24-20(25)18-7-5-4-6-15(18)3)21(26)23-13-16-8-10-17(22)11-9-16/h4-11,14,19H,12-13H2,1-3H3,(H,23,26)(H,24,25)/t19-/m1/s1. The maximum Gasteiger partial charge on any atom is 0.252 e. The van der Waals surface area contributed by atoms with E-state index in [0.717, 1.165) is 11.1 Å². The van der Waals surface area contributed by atoms with Crippen LogP contribution in [0, 0.1) is 12.8 Å². The van der Waals surface area contributed by atoms with Crippen molar-refractivity contribution in [2.75, 3.05) is 0 Å². The minimum absolute atomic E-state index is 0.185. The van der Waals surface area contributed by atoms with E-state index in [-0.39, 0.29) is 17.7 Å². The van der Waals surface area contributed by atoms with Gasteiger partial charge in [-0.05, 0) is 48.6 Å². The van der Waals surface area contributed by atoms with Crippen LogP contribution in [0.15, 0.2) is 48.5 Å². The highest BCUT2D eigenvalue weighted by Crippen LogP contribution is 2.11. The number of amides is 2. The molecule has 2 rings (SSSR count). The first kappa shape index (κ1) is 20.0. The lowest BCUT2D eigenvalue weighted by atomic mass is 10.0. The maximum absolute atomic E-state index is 12.6. The number of benzene rings is 2. The number of hydrogen-bond acceptors (Lipinski definition) is 2. The molecule has 1 atom stereocenters. The Morgan fingerprint density at radius 3 is 2.31 bits per heavy atom. The molecule has 0 unspecified atom stereocenters. The van der Waals surface area contributed by atoms with Gasteiger partial charge < -0.3 is 10.6 Å². The molecule has 2 N–H and O–H groups in total. The van der Waals surface area contributed by atoms with Crippen molar-refractivity contribution in [2.45, 2.75) is 39.8 Å². The van der Waals surface area contributed by atoms with Crippen LogP contribution in [0.25, 0.3) is 0 Å². The molecule has 26 heavy (non-hydrogen) atoms. The monoisotopic (exact) mass is 372 g/mol. The smallest absolute Gasteiger partial charge is 0.252 e. The summed E-state index contributed by atoms with van der Waals surface area (Å²) in [7, 11) is 0. The SMILES string of the molecule is Cc1ccccc1C(=O)N[C@H](CC(C)C)C(=O)NCc1ccc(Cl)cc1. The van der Waals surface area contributed by atoms with Gasteiger partial charge in [-0.2, -0.15) is 0 Å². The molecular weight excluding hydrogens is 348 g/mol. The Labute approximate surface area is 159 Å². The third-order valence-corrected chi connectivity index (χ3v) is 4.35. The van der Waals surface area contributed by atoms with Gasteiger partial charge in [0.25, 0.3) is 5.91 Å². The summed E-state index contributed by atoms with van der Waals surface area (Å²) in [5, 5.41) is 6.43. The Balaban J connectivity index is 2.03. The zero-order chi connectivity index (χ0) is 19.1. The Kier molecular flexibility index (Phi) is 7.22. The largest absolute Gasteiger partial charge is 0.350 e. The van der Waals surface area contributed by atoms with Gasteiger partial charge in [0.15, 0.2) is 0 Å². The molecule has 5 heteroatoms. The Morgan fingerprint density at radius 1 is 1.04 bits per heavy atom. The topological polar surface area (TPSA) is 58.2 Å². The second kappa shape index (κ2) is 9.39. The molecule has 0 bridgehead atoms. The number of hydrogen-bond donors (Lipinski definition) is 2. The van der Waals surface area contributed by atoms with E-state index in [4.69, 9.17) is 11.6 Å². The van der Waals surface area contributed by atoms with Crippen molar-refractivity contribution in [1.82, 2.24) is 10.6 Å². The summed E-state index contributed by atoms with van der Waals surface area (Å²) >= 11 is 5.88. The second-order valence-corrected chi connectivity index (χ2v) is 7.25. The predicted molar refractivity (Wildman–Crippen MR) is 105 cm³/mol. The summed E-state index contributed by atoms with van der Waals surface area (Å²) in [5.74, 6) is -0.135. The van der Waals surface area contributed by atoms with Gasteiger partial charge in [0.05, 0.1) is 0 Å². The number of carbonyl (C=O) groups is 2. The fraction of sp³-hybridized carbons (Fsp3) is 0.333. The highest BCUT2D eigenvalue weighted by molar-refractivity contribution is 6.30. The lowest BCUT2D eigenvalue weighted by Crippen LogP contribution is -2.47. The molecule has 138 valence electrons. The Hall–Kier alpha value is -2.33. The molecule has 4 nitrogen and oxygen atoms in total. The van der Waals surface area contributed by atoms with Gasteiger partial charge in [-0.15, -0.1) is 0 Å². The predicted octanol–water partition coefficient (Wildman–Crippen LogP) is 4.11. The van der Waals surface area contributed by atoms with Crippen molar-refractivity contribution in [3.05, 3.63) is 70.2 Å². The van der Waals surface area contributed by atoms with Crippen molar-refractivity contribution in [1.29, 1.82) is 0 Å². The van der Waals surface area contributed by atoms with Crippen molar-refractivity contribution < 1.29 is 9.59 Å². The summed E-state index contributed by atoms with van der Waals surface area (Å²) in [5.41, 5.74) is 2.43. The molecule has 0 saturated carbocycles. The average molecular weight is 373 g/mol. The molecule has 0 radical (unpaired) electrons. The van der Waals surface area contributed by atoms with Gasteiger partial charge in [-0.3, -0.25) is 9.59 Å². The summed E-state index contributed by atoms with van der Waals surface area (Å²) in [6.07, 6.45) is 0.573. The molecule has 0 spiro atoms. The van der Waals surface area contributed by atoms with Gasteiger partial charge in [0.2, 0.25) is 5.91 Å². The third-order valence-electron chi connectivity index (χ3n) is 4.10. The summed E-state index contributed by atoms with van der Waals surface area (Å²) in [4.78, 5) is 25.2. The zero-order valence-corrected chi connectivity index (χ0v) is 16.1. The molecule has 0 aliphatic carbocycles. The van der Waals surface area contributed by atoms with Crippen LogP contribution in [0.2, 0.25) is 5.02 Å². The van der Waals surface area contributed by atoms with Crippen molar-refractivity contribution in [3.63, 3.8) is 0 Å². The van der Waals surface area contributed by atoms with Crippen LogP contribution < -0.4 is 10.6 Å². The lowest BCUT2D eigenvalue weighted by Gasteiger charge is -2.21. The van der Waals surface area contributed by atoms with E-state index in [1.54, 1.807) is 18.2 Å². The minimum atomic E-state index is -0.575. The van der Waals surface area contributed by atoms with Crippen LogP contribution in [-0.2, 0) is 11.3 Å². The second-order valence-electron chi connectivity index (χ2n) is 6.81. The normalized spacial score (nSPS) is 11.9. The van der Waals surface area contributed by atoms with Crippen molar-refractivity contribution >= 4 is 23.4 Å². The van der Waals surface area contributed by atoms with Crippen LogP contribution in [0.1, 0.15) is 41.8 Å². The summed E-state index contributed by atoms with van der Waals surface area (Å²) in [6.45, 7) is 6.33. The summed E-state index contributed by atoms with van der Waals surface area (Å²) in [6, 6.07) is 14.1. The number of carbonyl (C=O) groups excluding carboxylic acids is 2. The molecule has 0 aliphatic rings.